The third-order valence-electron chi connectivity index (χ3n) is 6.49. The lowest BCUT2D eigenvalue weighted by molar-refractivity contribution is -0.0941. The van der Waals surface area contributed by atoms with E-state index in [2.05, 4.69) is 28.6 Å². The summed E-state index contributed by atoms with van der Waals surface area (Å²) in [5, 5.41) is 22.9. The van der Waals surface area contributed by atoms with Crippen LogP contribution in [-0.2, 0) is 11.4 Å². The fraction of sp³-hybridized carbons (Fsp3) is 0.619. The molecule has 0 bridgehead atoms. The van der Waals surface area contributed by atoms with E-state index in [1.54, 1.807) is 0 Å². The second-order valence-corrected chi connectivity index (χ2v) is 8.45. The van der Waals surface area contributed by atoms with Gasteiger partial charge in [0.05, 0.1) is 35.0 Å². The highest BCUT2D eigenvalue weighted by molar-refractivity contribution is 6.10. The summed E-state index contributed by atoms with van der Waals surface area (Å²) in [7, 11) is 0. The molecule has 3 heterocycles. The smallest absolute Gasteiger partial charge is 0.159 e. The fourth-order valence-electron chi connectivity index (χ4n) is 4.90. The number of hydrogen-bond acceptors (Lipinski definition) is 6. The first kappa shape index (κ1) is 17.5. The maximum absolute atomic E-state index is 9.11. The Morgan fingerprint density at radius 3 is 2.86 bits per heavy atom. The highest BCUT2D eigenvalue weighted by Crippen LogP contribution is 2.47. The molecule has 7 heteroatoms. The number of hydrogen-bond donors (Lipinski definition) is 1. The van der Waals surface area contributed by atoms with E-state index in [1.165, 1.54) is 32.1 Å². The minimum Gasteiger partial charge on any atom is -0.388 e. The van der Waals surface area contributed by atoms with Crippen molar-refractivity contribution in [2.75, 3.05) is 5.32 Å². The van der Waals surface area contributed by atoms with Gasteiger partial charge in [-0.2, -0.15) is 10.4 Å². The van der Waals surface area contributed by atoms with Gasteiger partial charge in [-0.15, -0.1) is 0 Å². The quantitative estimate of drug-likeness (QED) is 0.869. The van der Waals surface area contributed by atoms with E-state index < -0.39 is 0 Å². The van der Waals surface area contributed by atoms with Gasteiger partial charge in [-0.05, 0) is 19.8 Å². The second kappa shape index (κ2) is 6.77. The van der Waals surface area contributed by atoms with Gasteiger partial charge in [0.1, 0.15) is 5.60 Å². The number of rotatable bonds is 4. The van der Waals surface area contributed by atoms with Crippen LogP contribution in [-0.4, -0.2) is 32.1 Å². The van der Waals surface area contributed by atoms with E-state index in [-0.39, 0.29) is 11.5 Å². The van der Waals surface area contributed by atoms with E-state index >= 15 is 0 Å². The number of nitrogens with one attached hydrogen (secondary N) is 1. The molecule has 5 rings (SSSR count). The number of fused-ring (bicyclic) bond motifs is 1. The van der Waals surface area contributed by atoms with Crippen molar-refractivity contribution < 1.29 is 4.84 Å². The van der Waals surface area contributed by atoms with Crippen molar-refractivity contribution in [1.82, 2.24) is 14.8 Å². The molecule has 1 spiro atoms. The summed E-state index contributed by atoms with van der Waals surface area (Å²) in [5.41, 5.74) is 3.68. The molecule has 1 N–H and O–H groups in total. The van der Waals surface area contributed by atoms with Gasteiger partial charge in [0.2, 0.25) is 0 Å². The number of anilines is 1. The number of aromatic nitrogens is 3. The summed E-state index contributed by atoms with van der Waals surface area (Å²) in [5.74, 6) is 0.0952. The van der Waals surface area contributed by atoms with Crippen molar-refractivity contribution in [1.29, 1.82) is 5.26 Å². The number of aryl methyl sites for hydroxylation is 1. The van der Waals surface area contributed by atoms with Crippen molar-refractivity contribution in [3.8, 4) is 6.07 Å². The van der Waals surface area contributed by atoms with E-state index in [0.29, 0.717) is 6.04 Å². The van der Waals surface area contributed by atoms with Gasteiger partial charge >= 0.3 is 0 Å². The zero-order valence-electron chi connectivity index (χ0n) is 16.3. The second-order valence-electron chi connectivity index (χ2n) is 8.45. The summed E-state index contributed by atoms with van der Waals surface area (Å²) in [6.45, 7) is 2.87. The third-order valence-corrected chi connectivity index (χ3v) is 6.49. The molecule has 28 heavy (non-hydrogen) atoms. The predicted molar refractivity (Wildman–Crippen MR) is 107 cm³/mol. The van der Waals surface area contributed by atoms with E-state index in [4.69, 9.17) is 15.1 Å². The predicted octanol–water partition coefficient (Wildman–Crippen LogP) is 3.99. The van der Waals surface area contributed by atoms with Gasteiger partial charge in [-0.1, -0.05) is 24.4 Å². The molecule has 2 aliphatic carbocycles. The summed E-state index contributed by atoms with van der Waals surface area (Å²) in [4.78, 5) is 10.5. The van der Waals surface area contributed by atoms with Gasteiger partial charge in [-0.25, -0.2) is 9.67 Å². The molecule has 0 saturated heterocycles. The molecule has 2 aromatic rings. The standard InChI is InChI=1S/C21H26N6O/c1-2-27-20-17(13-24-27)19(25-15-6-4-3-5-7-15)16(12-23-20)18-10-21(28-26-18)8-14(9-21)11-22/h12-15H,2-10H2,1H3,(H,23,25). The largest absolute Gasteiger partial charge is 0.388 e. The lowest BCUT2D eigenvalue weighted by Gasteiger charge is -2.38. The lowest BCUT2D eigenvalue weighted by Crippen LogP contribution is -2.43. The van der Waals surface area contributed by atoms with Crippen LogP contribution < -0.4 is 5.32 Å². The molecule has 0 amide bonds. The summed E-state index contributed by atoms with van der Waals surface area (Å²) >= 11 is 0. The van der Waals surface area contributed by atoms with Crippen molar-refractivity contribution in [3.63, 3.8) is 0 Å². The molecule has 0 radical (unpaired) electrons. The van der Waals surface area contributed by atoms with Crippen molar-refractivity contribution in [3.05, 3.63) is 18.0 Å². The Bertz CT molecular complexity index is 959. The van der Waals surface area contributed by atoms with E-state index in [9.17, 15) is 0 Å². The number of nitriles is 1. The van der Waals surface area contributed by atoms with Crippen LogP contribution in [0.1, 0.15) is 63.9 Å². The van der Waals surface area contributed by atoms with Crippen LogP contribution in [0.2, 0.25) is 0 Å². The first-order valence-electron chi connectivity index (χ1n) is 10.5. The van der Waals surface area contributed by atoms with Crippen LogP contribution in [0.15, 0.2) is 17.5 Å². The molecule has 2 saturated carbocycles. The van der Waals surface area contributed by atoms with Gasteiger partial charge in [0.15, 0.2) is 5.65 Å². The first-order valence-corrected chi connectivity index (χ1v) is 10.5. The van der Waals surface area contributed by atoms with Crippen molar-refractivity contribution in [2.45, 2.75) is 76.5 Å². The minimum absolute atomic E-state index is 0.0952. The number of nitrogens with zero attached hydrogens (tertiary/aromatic N) is 5. The highest BCUT2D eigenvalue weighted by Gasteiger charge is 2.51. The molecular weight excluding hydrogens is 352 g/mol. The molecule has 0 atom stereocenters. The van der Waals surface area contributed by atoms with Crippen LogP contribution in [0.3, 0.4) is 0 Å². The average molecular weight is 378 g/mol. The van der Waals surface area contributed by atoms with E-state index in [1.807, 2.05) is 17.1 Å². The minimum atomic E-state index is -0.277. The van der Waals surface area contributed by atoms with Crippen molar-refractivity contribution >= 4 is 22.4 Å². The Morgan fingerprint density at radius 1 is 1.29 bits per heavy atom. The van der Waals surface area contributed by atoms with E-state index in [0.717, 1.165) is 53.8 Å². The van der Waals surface area contributed by atoms with Gasteiger partial charge in [0, 0.05) is 43.6 Å². The Balaban J connectivity index is 1.49. The summed E-state index contributed by atoms with van der Waals surface area (Å²) < 4.78 is 1.93. The Labute approximate surface area is 164 Å². The highest BCUT2D eigenvalue weighted by atomic mass is 16.7. The molecule has 146 valence electrons. The van der Waals surface area contributed by atoms with Crippen LogP contribution in [0, 0.1) is 17.2 Å². The molecule has 0 unspecified atom stereocenters. The zero-order chi connectivity index (χ0) is 19.1. The summed E-state index contributed by atoms with van der Waals surface area (Å²) in [6, 6.07) is 2.82. The molecular formula is C21H26N6O. The SMILES string of the molecule is CCn1ncc2c(NC3CCCCC3)c(C3=NOC4(C3)CC(C#N)C4)cnc21. The maximum Gasteiger partial charge on any atom is 0.159 e. The number of pyridine rings is 1. The summed E-state index contributed by atoms with van der Waals surface area (Å²) in [6.07, 6.45) is 12.4. The van der Waals surface area contributed by atoms with Crippen molar-refractivity contribution in [2.24, 2.45) is 11.1 Å². The lowest BCUT2D eigenvalue weighted by atomic mass is 9.69. The Kier molecular flexibility index (Phi) is 4.22. The zero-order valence-corrected chi connectivity index (χ0v) is 16.3. The maximum atomic E-state index is 9.11. The normalized spacial score (nSPS) is 27.3. The molecule has 3 aliphatic rings. The Hall–Kier alpha value is -2.62. The fourth-order valence-corrected chi connectivity index (χ4v) is 4.90. The van der Waals surface area contributed by atoms with Gasteiger partial charge in [0.25, 0.3) is 0 Å². The Morgan fingerprint density at radius 2 is 2.11 bits per heavy atom. The molecule has 2 aromatic heterocycles. The molecule has 1 aliphatic heterocycles. The van der Waals surface area contributed by atoms with Crippen LogP contribution >= 0.6 is 0 Å². The third kappa shape index (κ3) is 2.83. The van der Waals surface area contributed by atoms with Crippen LogP contribution in [0.5, 0.6) is 0 Å². The number of oxime groups is 1. The van der Waals surface area contributed by atoms with Crippen LogP contribution in [0.25, 0.3) is 11.0 Å². The van der Waals surface area contributed by atoms with Gasteiger partial charge in [-0.3, -0.25) is 0 Å². The van der Waals surface area contributed by atoms with Gasteiger partial charge < -0.3 is 10.2 Å². The van der Waals surface area contributed by atoms with Crippen LogP contribution in [0.4, 0.5) is 5.69 Å². The first-order chi connectivity index (χ1) is 13.7. The topological polar surface area (TPSA) is 88.1 Å². The average Bonchev–Trinajstić information content (AvgIpc) is 3.32. The molecule has 7 nitrogen and oxygen atoms in total. The molecule has 0 aromatic carbocycles. The molecule has 2 fully saturated rings. The monoisotopic (exact) mass is 378 g/mol.